The van der Waals surface area contributed by atoms with E-state index in [-0.39, 0.29) is 6.04 Å². The van der Waals surface area contributed by atoms with E-state index >= 15 is 0 Å². The molecule has 1 nitrogen and oxygen atoms in total. The Balaban J connectivity index is 1.85. The number of hydrogen-bond acceptors (Lipinski definition) is 2. The Hall–Kier alpha value is -1.25. The Morgan fingerprint density at radius 3 is 2.68 bits per heavy atom. The van der Waals surface area contributed by atoms with Gasteiger partial charge in [0.1, 0.15) is 0 Å². The molecule has 1 aliphatic carbocycles. The Bertz CT molecular complexity index is 606. The van der Waals surface area contributed by atoms with Crippen molar-refractivity contribution in [2.45, 2.75) is 36.5 Å². The molecule has 2 atom stereocenters. The fraction of sp³-hybridized carbons (Fsp3) is 0.294. The van der Waals surface area contributed by atoms with Crippen molar-refractivity contribution in [2.24, 2.45) is 5.73 Å². The van der Waals surface area contributed by atoms with E-state index in [4.69, 9.17) is 5.73 Å². The van der Waals surface area contributed by atoms with Crippen LogP contribution in [-0.4, -0.2) is 5.25 Å². The summed E-state index contributed by atoms with van der Waals surface area (Å²) in [5.41, 5.74) is 11.8. The van der Waals surface area contributed by atoms with Gasteiger partial charge in [0.2, 0.25) is 0 Å². The van der Waals surface area contributed by atoms with E-state index < -0.39 is 0 Å². The van der Waals surface area contributed by atoms with Crippen LogP contribution < -0.4 is 5.73 Å². The zero-order valence-corrected chi connectivity index (χ0v) is 12.2. The highest BCUT2D eigenvalue weighted by molar-refractivity contribution is 8.00. The first-order valence-electron chi connectivity index (χ1n) is 6.72. The second kappa shape index (κ2) is 5.03. The monoisotopic (exact) mass is 269 g/mol. The van der Waals surface area contributed by atoms with Crippen molar-refractivity contribution in [2.75, 3.05) is 0 Å². The van der Waals surface area contributed by atoms with E-state index in [1.807, 2.05) is 11.8 Å². The highest BCUT2D eigenvalue weighted by Crippen LogP contribution is 2.41. The average molecular weight is 269 g/mol. The van der Waals surface area contributed by atoms with Crippen LogP contribution in [-0.2, 0) is 6.42 Å². The Morgan fingerprint density at radius 2 is 1.89 bits per heavy atom. The Labute approximate surface area is 119 Å². The Kier molecular flexibility index (Phi) is 3.38. The van der Waals surface area contributed by atoms with E-state index in [0.717, 1.165) is 6.42 Å². The van der Waals surface area contributed by atoms with Gasteiger partial charge in [-0.05, 0) is 43.0 Å². The maximum Gasteiger partial charge on any atom is 0.0425 e. The summed E-state index contributed by atoms with van der Waals surface area (Å²) in [6, 6.07) is 15.4. The second-order valence-electron chi connectivity index (χ2n) is 5.35. The first kappa shape index (κ1) is 12.8. The summed E-state index contributed by atoms with van der Waals surface area (Å²) < 4.78 is 0. The number of aryl methyl sites for hydroxylation is 2. The molecule has 98 valence electrons. The summed E-state index contributed by atoms with van der Waals surface area (Å²) >= 11 is 1.93. The third-order valence-corrected chi connectivity index (χ3v) is 5.31. The third kappa shape index (κ3) is 2.43. The quantitative estimate of drug-likeness (QED) is 0.891. The van der Waals surface area contributed by atoms with E-state index in [2.05, 4.69) is 56.3 Å². The van der Waals surface area contributed by atoms with Crippen LogP contribution in [0.1, 0.15) is 28.3 Å². The molecule has 2 N–H and O–H groups in total. The van der Waals surface area contributed by atoms with E-state index in [0.29, 0.717) is 5.25 Å². The summed E-state index contributed by atoms with van der Waals surface area (Å²) in [5, 5.41) is 0.456. The molecule has 2 aromatic rings. The number of fused-ring (bicyclic) bond motifs is 1. The van der Waals surface area contributed by atoms with Gasteiger partial charge in [-0.3, -0.25) is 0 Å². The zero-order chi connectivity index (χ0) is 13.4. The van der Waals surface area contributed by atoms with Gasteiger partial charge in [0, 0.05) is 16.2 Å². The summed E-state index contributed by atoms with van der Waals surface area (Å²) in [7, 11) is 0. The molecule has 0 spiro atoms. The van der Waals surface area contributed by atoms with Gasteiger partial charge in [0.05, 0.1) is 0 Å². The van der Waals surface area contributed by atoms with Crippen LogP contribution in [0.3, 0.4) is 0 Å². The molecule has 0 saturated heterocycles. The van der Waals surface area contributed by atoms with Crippen molar-refractivity contribution in [3.05, 3.63) is 64.7 Å². The molecular formula is C17H19NS. The summed E-state index contributed by atoms with van der Waals surface area (Å²) in [6.45, 7) is 4.32. The van der Waals surface area contributed by atoms with Crippen molar-refractivity contribution < 1.29 is 0 Å². The second-order valence-corrected chi connectivity index (χ2v) is 6.64. The normalized spacial score (nSPS) is 21.4. The Morgan fingerprint density at radius 1 is 1.11 bits per heavy atom. The summed E-state index contributed by atoms with van der Waals surface area (Å²) in [5.74, 6) is 0. The summed E-state index contributed by atoms with van der Waals surface area (Å²) in [4.78, 5) is 1.37. The molecule has 0 aliphatic heterocycles. The minimum Gasteiger partial charge on any atom is -0.323 e. The lowest BCUT2D eigenvalue weighted by Crippen LogP contribution is -2.19. The number of hydrogen-bond donors (Lipinski definition) is 1. The zero-order valence-electron chi connectivity index (χ0n) is 11.4. The molecule has 0 saturated carbocycles. The van der Waals surface area contributed by atoms with Crippen LogP contribution in [0.5, 0.6) is 0 Å². The maximum absolute atomic E-state index is 6.41. The van der Waals surface area contributed by atoms with Gasteiger partial charge in [-0.1, -0.05) is 42.0 Å². The van der Waals surface area contributed by atoms with Gasteiger partial charge >= 0.3 is 0 Å². The van der Waals surface area contributed by atoms with Crippen molar-refractivity contribution in [1.82, 2.24) is 0 Å². The largest absolute Gasteiger partial charge is 0.323 e. The predicted molar refractivity (Wildman–Crippen MR) is 82.6 cm³/mol. The SMILES string of the molecule is Cc1ccc(C)c(SC2Cc3ccccc3C2N)c1. The molecule has 19 heavy (non-hydrogen) atoms. The van der Waals surface area contributed by atoms with Crippen molar-refractivity contribution in [3.8, 4) is 0 Å². The minimum absolute atomic E-state index is 0.154. The molecule has 0 radical (unpaired) electrons. The van der Waals surface area contributed by atoms with Gasteiger partial charge in [0.25, 0.3) is 0 Å². The molecule has 2 heteroatoms. The van der Waals surface area contributed by atoms with E-state index in [1.54, 1.807) is 0 Å². The summed E-state index contributed by atoms with van der Waals surface area (Å²) in [6.07, 6.45) is 1.08. The fourth-order valence-corrected chi connectivity index (χ4v) is 4.09. The minimum atomic E-state index is 0.154. The van der Waals surface area contributed by atoms with Crippen LogP contribution in [0.4, 0.5) is 0 Å². The molecule has 0 amide bonds. The smallest absolute Gasteiger partial charge is 0.0425 e. The van der Waals surface area contributed by atoms with Crippen LogP contribution in [0, 0.1) is 13.8 Å². The van der Waals surface area contributed by atoms with E-state index in [9.17, 15) is 0 Å². The number of benzene rings is 2. The van der Waals surface area contributed by atoms with Gasteiger partial charge < -0.3 is 5.73 Å². The highest BCUT2D eigenvalue weighted by atomic mass is 32.2. The van der Waals surface area contributed by atoms with Crippen molar-refractivity contribution in [3.63, 3.8) is 0 Å². The van der Waals surface area contributed by atoms with Crippen molar-refractivity contribution in [1.29, 1.82) is 0 Å². The lowest BCUT2D eigenvalue weighted by Gasteiger charge is -2.17. The maximum atomic E-state index is 6.41. The number of nitrogens with two attached hydrogens (primary N) is 1. The molecule has 0 heterocycles. The first-order valence-corrected chi connectivity index (χ1v) is 7.60. The van der Waals surface area contributed by atoms with Gasteiger partial charge in [-0.25, -0.2) is 0 Å². The average Bonchev–Trinajstić information content (AvgIpc) is 2.72. The highest BCUT2D eigenvalue weighted by Gasteiger charge is 2.30. The molecule has 0 bridgehead atoms. The van der Waals surface area contributed by atoms with Gasteiger partial charge in [-0.2, -0.15) is 0 Å². The lowest BCUT2D eigenvalue weighted by molar-refractivity contribution is 0.731. The predicted octanol–water partition coefficient (Wildman–Crippen LogP) is 4.02. The molecule has 0 fully saturated rings. The molecule has 2 aromatic carbocycles. The molecule has 0 aromatic heterocycles. The molecule has 3 rings (SSSR count). The van der Waals surface area contributed by atoms with E-state index in [1.165, 1.54) is 27.1 Å². The number of thioether (sulfide) groups is 1. The van der Waals surface area contributed by atoms with Gasteiger partial charge in [0.15, 0.2) is 0 Å². The van der Waals surface area contributed by atoms with Crippen LogP contribution >= 0.6 is 11.8 Å². The fourth-order valence-electron chi connectivity index (χ4n) is 2.70. The topological polar surface area (TPSA) is 26.0 Å². The van der Waals surface area contributed by atoms with Crippen LogP contribution in [0.2, 0.25) is 0 Å². The molecule has 2 unspecified atom stereocenters. The van der Waals surface area contributed by atoms with Crippen LogP contribution in [0.25, 0.3) is 0 Å². The number of rotatable bonds is 2. The molecular weight excluding hydrogens is 250 g/mol. The lowest BCUT2D eigenvalue weighted by atomic mass is 10.1. The van der Waals surface area contributed by atoms with Gasteiger partial charge in [-0.15, -0.1) is 11.8 Å². The van der Waals surface area contributed by atoms with Crippen molar-refractivity contribution >= 4 is 11.8 Å². The third-order valence-electron chi connectivity index (χ3n) is 3.86. The first-order chi connectivity index (χ1) is 9.15. The van der Waals surface area contributed by atoms with Crippen LogP contribution in [0.15, 0.2) is 47.4 Å². The molecule has 1 aliphatic rings. The standard InChI is InChI=1S/C17H19NS/c1-11-7-8-12(2)15(9-11)19-16-10-13-5-3-4-6-14(13)17(16)18/h3-9,16-17H,10,18H2,1-2H3.